The van der Waals surface area contributed by atoms with Gasteiger partial charge in [-0.15, -0.1) is 11.3 Å². The van der Waals surface area contributed by atoms with E-state index in [1.165, 1.54) is 4.90 Å². The van der Waals surface area contributed by atoms with E-state index in [2.05, 4.69) is 5.32 Å². The number of anilines is 2. The van der Waals surface area contributed by atoms with Gasteiger partial charge in [-0.2, -0.15) is 0 Å². The minimum atomic E-state index is -0.619. The number of nitrogens with one attached hydrogen (secondary N) is 1. The molecule has 2 heterocycles. The first-order valence-electron chi connectivity index (χ1n) is 8.63. The fourth-order valence-corrected chi connectivity index (χ4v) is 3.86. The first-order valence-corrected chi connectivity index (χ1v) is 9.51. The van der Waals surface area contributed by atoms with Gasteiger partial charge in [0.05, 0.1) is 5.69 Å². The molecule has 0 fully saturated rings. The number of carbonyl (C=O) groups excluding carboxylic acids is 2. The van der Waals surface area contributed by atoms with E-state index in [9.17, 15) is 9.59 Å². The molecule has 0 saturated heterocycles. The number of rotatable bonds is 4. The molecular weight excluding hydrogens is 360 g/mol. The van der Waals surface area contributed by atoms with Gasteiger partial charge in [-0.1, -0.05) is 36.4 Å². The number of para-hydroxylation sites is 3. The molecule has 0 unspecified atom stereocenters. The third-order valence-corrected chi connectivity index (χ3v) is 5.27. The van der Waals surface area contributed by atoms with Gasteiger partial charge in [0.15, 0.2) is 6.10 Å². The lowest BCUT2D eigenvalue weighted by atomic mass is 10.1. The van der Waals surface area contributed by atoms with Gasteiger partial charge in [-0.05, 0) is 36.6 Å². The lowest BCUT2D eigenvalue weighted by molar-refractivity contribution is -0.127. The van der Waals surface area contributed by atoms with Crippen LogP contribution in [0.25, 0.3) is 10.4 Å². The summed E-state index contributed by atoms with van der Waals surface area (Å²) in [6.07, 6.45) is -0.619. The molecule has 6 heteroatoms. The first-order chi connectivity index (χ1) is 13.1. The van der Waals surface area contributed by atoms with Crippen molar-refractivity contribution >= 4 is 34.5 Å². The summed E-state index contributed by atoms with van der Waals surface area (Å²) < 4.78 is 5.62. The van der Waals surface area contributed by atoms with Crippen molar-refractivity contribution in [2.24, 2.45) is 0 Å². The second kappa shape index (κ2) is 7.25. The molecule has 1 aliphatic heterocycles. The number of fused-ring (bicyclic) bond motifs is 1. The highest BCUT2D eigenvalue weighted by molar-refractivity contribution is 7.13. The summed E-state index contributed by atoms with van der Waals surface area (Å²) in [7, 11) is 0. The van der Waals surface area contributed by atoms with Gasteiger partial charge >= 0.3 is 0 Å². The van der Waals surface area contributed by atoms with Crippen molar-refractivity contribution in [1.29, 1.82) is 0 Å². The number of hydrogen-bond acceptors (Lipinski definition) is 4. The quantitative estimate of drug-likeness (QED) is 0.741. The average Bonchev–Trinajstić information content (AvgIpc) is 3.20. The van der Waals surface area contributed by atoms with Gasteiger partial charge in [0.2, 0.25) is 5.91 Å². The van der Waals surface area contributed by atoms with E-state index in [1.54, 1.807) is 30.4 Å². The van der Waals surface area contributed by atoms with Crippen molar-refractivity contribution in [3.63, 3.8) is 0 Å². The predicted molar refractivity (Wildman–Crippen MR) is 107 cm³/mol. The summed E-state index contributed by atoms with van der Waals surface area (Å²) in [5.74, 6) is 0.128. The number of carbonyl (C=O) groups is 2. The highest BCUT2D eigenvalue weighted by atomic mass is 32.1. The van der Waals surface area contributed by atoms with E-state index >= 15 is 0 Å². The zero-order chi connectivity index (χ0) is 18.8. The van der Waals surface area contributed by atoms with E-state index in [4.69, 9.17) is 4.74 Å². The Balaban J connectivity index is 1.57. The van der Waals surface area contributed by atoms with Crippen LogP contribution in [0.4, 0.5) is 11.4 Å². The minimum absolute atomic E-state index is 0.0671. The largest absolute Gasteiger partial charge is 0.479 e. The molecule has 2 aromatic carbocycles. The number of amides is 2. The van der Waals surface area contributed by atoms with Crippen LogP contribution >= 0.6 is 11.3 Å². The molecule has 1 aliphatic rings. The third kappa shape index (κ3) is 3.44. The molecule has 4 rings (SSSR count). The van der Waals surface area contributed by atoms with Crippen molar-refractivity contribution < 1.29 is 14.3 Å². The minimum Gasteiger partial charge on any atom is -0.479 e. The van der Waals surface area contributed by atoms with Crippen LogP contribution in [0, 0.1) is 0 Å². The predicted octanol–water partition coefficient (Wildman–Crippen LogP) is 4.17. The van der Waals surface area contributed by atoms with Gasteiger partial charge in [0, 0.05) is 16.1 Å². The molecule has 2 amide bonds. The highest BCUT2D eigenvalue weighted by Gasteiger charge is 2.32. The summed E-state index contributed by atoms with van der Waals surface area (Å²) in [6, 6.07) is 18.9. The molecular formula is C21H18N2O3S. The Morgan fingerprint density at radius 1 is 1.11 bits per heavy atom. The van der Waals surface area contributed by atoms with Crippen LogP contribution in [-0.4, -0.2) is 24.5 Å². The first kappa shape index (κ1) is 17.3. The van der Waals surface area contributed by atoms with Crippen LogP contribution in [0.5, 0.6) is 5.75 Å². The maximum Gasteiger partial charge on any atom is 0.268 e. The number of thiophene rings is 1. The molecule has 0 bridgehead atoms. The van der Waals surface area contributed by atoms with Gasteiger partial charge in [-0.25, -0.2) is 0 Å². The zero-order valence-corrected chi connectivity index (χ0v) is 15.5. The maximum atomic E-state index is 12.7. The van der Waals surface area contributed by atoms with Crippen molar-refractivity contribution in [1.82, 2.24) is 0 Å². The van der Waals surface area contributed by atoms with Crippen molar-refractivity contribution in [2.45, 2.75) is 13.0 Å². The number of ether oxygens (including phenoxy) is 1. The number of nitrogens with zero attached hydrogens (tertiary/aromatic N) is 1. The lowest BCUT2D eigenvalue weighted by Crippen LogP contribution is -2.47. The molecule has 1 atom stereocenters. The lowest BCUT2D eigenvalue weighted by Gasteiger charge is -2.32. The van der Waals surface area contributed by atoms with Crippen LogP contribution in [-0.2, 0) is 9.59 Å². The van der Waals surface area contributed by atoms with Crippen LogP contribution < -0.4 is 15.0 Å². The Morgan fingerprint density at radius 3 is 2.70 bits per heavy atom. The molecule has 1 aromatic heterocycles. The van der Waals surface area contributed by atoms with Crippen LogP contribution in [0.15, 0.2) is 66.0 Å². The number of hydrogen-bond donors (Lipinski definition) is 1. The molecule has 136 valence electrons. The van der Waals surface area contributed by atoms with Crippen molar-refractivity contribution in [3.8, 4) is 16.2 Å². The second-order valence-corrected chi connectivity index (χ2v) is 7.17. The standard InChI is InChI=1S/C21H18N2O3S/c1-14-21(25)23(17-9-4-5-10-18(17)26-14)13-20(24)22-16-8-3-2-7-15(16)19-11-6-12-27-19/h2-12,14H,13H2,1H3,(H,22,24)/t14-/m1/s1. The van der Waals surface area contributed by atoms with Gasteiger partial charge in [-0.3, -0.25) is 14.5 Å². The van der Waals surface area contributed by atoms with Crippen LogP contribution in [0.3, 0.4) is 0 Å². The van der Waals surface area contributed by atoms with E-state index in [0.717, 1.165) is 16.1 Å². The Bertz CT molecular complexity index is 985. The molecule has 5 nitrogen and oxygen atoms in total. The average molecular weight is 378 g/mol. The topological polar surface area (TPSA) is 58.6 Å². The van der Waals surface area contributed by atoms with E-state index in [1.807, 2.05) is 53.9 Å². The Hall–Kier alpha value is -3.12. The smallest absolute Gasteiger partial charge is 0.268 e. The second-order valence-electron chi connectivity index (χ2n) is 6.22. The molecule has 3 aromatic rings. The zero-order valence-electron chi connectivity index (χ0n) is 14.7. The van der Waals surface area contributed by atoms with E-state index in [-0.39, 0.29) is 18.4 Å². The van der Waals surface area contributed by atoms with Crippen LogP contribution in [0.1, 0.15) is 6.92 Å². The maximum absolute atomic E-state index is 12.7. The molecule has 0 aliphatic carbocycles. The van der Waals surface area contributed by atoms with Crippen LogP contribution in [0.2, 0.25) is 0 Å². The Labute approximate surface area is 161 Å². The summed E-state index contributed by atoms with van der Waals surface area (Å²) >= 11 is 1.61. The fraction of sp³-hybridized carbons (Fsp3) is 0.143. The monoisotopic (exact) mass is 378 g/mol. The van der Waals surface area contributed by atoms with Gasteiger partial charge < -0.3 is 10.1 Å². The van der Waals surface area contributed by atoms with E-state index in [0.29, 0.717) is 11.4 Å². The highest BCUT2D eigenvalue weighted by Crippen LogP contribution is 2.34. The molecule has 0 saturated carbocycles. The molecule has 0 spiro atoms. The fourth-order valence-electron chi connectivity index (χ4n) is 3.09. The normalized spacial score (nSPS) is 15.8. The Morgan fingerprint density at radius 2 is 1.89 bits per heavy atom. The SMILES string of the molecule is C[C@H]1Oc2ccccc2N(CC(=O)Nc2ccccc2-c2cccs2)C1=O. The van der Waals surface area contributed by atoms with Crippen molar-refractivity contribution in [3.05, 3.63) is 66.0 Å². The number of benzene rings is 2. The van der Waals surface area contributed by atoms with E-state index < -0.39 is 6.10 Å². The van der Waals surface area contributed by atoms with Gasteiger partial charge in [0.25, 0.3) is 5.91 Å². The summed E-state index contributed by atoms with van der Waals surface area (Å²) in [6.45, 7) is 1.62. The summed E-state index contributed by atoms with van der Waals surface area (Å²) in [5, 5.41) is 4.94. The third-order valence-electron chi connectivity index (χ3n) is 4.36. The van der Waals surface area contributed by atoms with Gasteiger partial charge in [0.1, 0.15) is 12.3 Å². The summed E-state index contributed by atoms with van der Waals surface area (Å²) in [5.41, 5.74) is 2.30. The summed E-state index contributed by atoms with van der Waals surface area (Å²) in [4.78, 5) is 27.8. The van der Waals surface area contributed by atoms with Crippen molar-refractivity contribution in [2.75, 3.05) is 16.8 Å². The molecule has 1 N–H and O–H groups in total. The molecule has 27 heavy (non-hydrogen) atoms. The Kier molecular flexibility index (Phi) is 4.64. The molecule has 0 radical (unpaired) electrons.